The summed E-state index contributed by atoms with van der Waals surface area (Å²) in [5.41, 5.74) is 14.4. The Morgan fingerprint density at radius 3 is 1.06 bits per heavy atom. The number of aromatic nitrogens is 4. The summed E-state index contributed by atoms with van der Waals surface area (Å²) in [6.45, 7) is 0. The van der Waals surface area contributed by atoms with Crippen molar-refractivity contribution in [3.05, 3.63) is 218 Å². The highest BCUT2D eigenvalue weighted by atomic mass is 32.1. The zero-order chi connectivity index (χ0) is 42.3. The largest absolute Gasteiger partial charge is 0.309 e. The Kier molecular flexibility index (Phi) is 7.07. The van der Waals surface area contributed by atoms with Crippen molar-refractivity contribution in [2.45, 2.75) is 0 Å². The molecule has 15 aromatic rings. The van der Waals surface area contributed by atoms with E-state index in [0.717, 1.165) is 11.4 Å². The Morgan fingerprint density at radius 1 is 0.246 bits per heavy atom. The van der Waals surface area contributed by atoms with Crippen molar-refractivity contribution in [1.29, 1.82) is 0 Å². The fraction of sp³-hybridized carbons (Fsp3) is 0. The molecule has 0 N–H and O–H groups in total. The quantitative estimate of drug-likeness (QED) is 0.168. The third-order valence-corrected chi connectivity index (χ3v) is 15.1. The first-order chi connectivity index (χ1) is 32.3. The number of thiophene rings is 1. The molecule has 0 bridgehead atoms. The third-order valence-electron chi connectivity index (χ3n) is 14.0. The van der Waals surface area contributed by atoms with E-state index in [4.69, 9.17) is 0 Å². The number of hydrogen-bond donors (Lipinski definition) is 0. The molecule has 10 aromatic carbocycles. The van der Waals surface area contributed by atoms with Crippen LogP contribution < -0.4 is 0 Å². The third kappa shape index (κ3) is 4.74. The lowest BCUT2D eigenvalue weighted by Gasteiger charge is -2.12. The topological polar surface area (TPSA) is 19.7 Å². The van der Waals surface area contributed by atoms with E-state index < -0.39 is 0 Å². The summed E-state index contributed by atoms with van der Waals surface area (Å²) in [4.78, 5) is 0. The van der Waals surface area contributed by atoms with Gasteiger partial charge in [-0.2, -0.15) is 0 Å². The van der Waals surface area contributed by atoms with Crippen LogP contribution in [0.4, 0.5) is 0 Å². The van der Waals surface area contributed by atoms with Gasteiger partial charge in [0.25, 0.3) is 0 Å². The van der Waals surface area contributed by atoms with Gasteiger partial charge in [0.15, 0.2) is 0 Å². The maximum atomic E-state index is 2.50. The molecule has 5 heterocycles. The first-order valence-corrected chi connectivity index (χ1v) is 23.1. The fourth-order valence-corrected chi connectivity index (χ4v) is 12.5. The first-order valence-electron chi connectivity index (χ1n) is 22.3. The molecule has 0 saturated heterocycles. The van der Waals surface area contributed by atoms with Gasteiger partial charge in [-0.1, -0.05) is 127 Å². The molecule has 0 fully saturated rings. The van der Waals surface area contributed by atoms with E-state index in [2.05, 4.69) is 237 Å². The van der Waals surface area contributed by atoms with Crippen LogP contribution in [0.1, 0.15) is 0 Å². The Morgan fingerprint density at radius 2 is 0.585 bits per heavy atom. The van der Waals surface area contributed by atoms with E-state index >= 15 is 0 Å². The van der Waals surface area contributed by atoms with Gasteiger partial charge in [-0.15, -0.1) is 11.3 Å². The highest BCUT2D eigenvalue weighted by Crippen LogP contribution is 2.45. The lowest BCUT2D eigenvalue weighted by atomic mass is 10.1. The van der Waals surface area contributed by atoms with Crippen molar-refractivity contribution < 1.29 is 0 Å². The van der Waals surface area contributed by atoms with Gasteiger partial charge < -0.3 is 18.3 Å². The zero-order valence-electron chi connectivity index (χ0n) is 35.0. The number of fused-ring (bicyclic) bond motifs is 15. The minimum Gasteiger partial charge on any atom is -0.309 e. The molecule has 0 aliphatic heterocycles. The molecular weight excluding hydrogens is 809 g/mol. The molecule has 0 atom stereocenters. The van der Waals surface area contributed by atoms with Crippen molar-refractivity contribution in [1.82, 2.24) is 18.3 Å². The molecule has 0 saturated carbocycles. The Bertz CT molecular complexity index is 4380. The van der Waals surface area contributed by atoms with Gasteiger partial charge in [0.05, 0.1) is 60.2 Å². The van der Waals surface area contributed by atoms with Crippen molar-refractivity contribution in [2.24, 2.45) is 0 Å². The van der Waals surface area contributed by atoms with Gasteiger partial charge in [-0.25, -0.2) is 0 Å². The number of para-hydroxylation sites is 6. The number of hydrogen-bond acceptors (Lipinski definition) is 1. The van der Waals surface area contributed by atoms with Crippen LogP contribution in [0.3, 0.4) is 0 Å². The summed E-state index contributed by atoms with van der Waals surface area (Å²) in [5, 5.41) is 12.6. The van der Waals surface area contributed by atoms with Gasteiger partial charge in [-0.05, 0) is 91.0 Å². The maximum Gasteiger partial charge on any atom is 0.0640 e. The Hall–Kier alpha value is -8.38. The second kappa shape index (κ2) is 13.1. The molecule has 0 spiro atoms. The van der Waals surface area contributed by atoms with Crippen LogP contribution >= 0.6 is 11.3 Å². The SMILES string of the molecule is c1cc(-n2c3ccccc3c3ccccc32)c2c(c1)sc1c(-n3c4ccccc4c4cc(-n5c6ccccc6c6cc(-n7c8ccccc8c8ccccc87)ccc65)ccc43)cccc12. The molecule has 0 amide bonds. The standard InChI is InChI=1S/C60H36N4S/c1-7-22-48-39(15-1)40-16-2-8-23-49(40)61(48)37-31-33-54-46(35-37)43-19-5-9-24-50(43)62(54)38-32-34-55-47(36-38)44-20-6-12-27-53(44)64(55)57-29-13-21-45-59-56(28-14-30-58(59)65-60(45)57)63-51-25-10-3-17-41(51)42-18-4-11-26-52(42)63/h1-36H. The van der Waals surface area contributed by atoms with E-state index in [0.29, 0.717) is 0 Å². The zero-order valence-corrected chi connectivity index (χ0v) is 35.8. The Balaban J connectivity index is 0.937. The van der Waals surface area contributed by atoms with Crippen LogP contribution in [-0.4, -0.2) is 18.3 Å². The normalized spacial score (nSPS) is 12.3. The van der Waals surface area contributed by atoms with E-state index in [1.54, 1.807) is 0 Å². The molecule has 0 aliphatic carbocycles. The fourth-order valence-electron chi connectivity index (χ4n) is 11.3. The van der Waals surface area contributed by atoms with Gasteiger partial charge >= 0.3 is 0 Å². The lowest BCUT2D eigenvalue weighted by molar-refractivity contribution is 1.16. The number of rotatable bonds is 4. The predicted octanol–water partition coefficient (Wildman–Crippen LogP) is 16.4. The van der Waals surface area contributed by atoms with Crippen LogP contribution in [0.25, 0.3) is 130 Å². The highest BCUT2D eigenvalue weighted by molar-refractivity contribution is 7.26. The van der Waals surface area contributed by atoms with Crippen LogP contribution in [-0.2, 0) is 0 Å². The molecule has 0 aliphatic rings. The van der Waals surface area contributed by atoms with Crippen LogP contribution in [0.2, 0.25) is 0 Å². The van der Waals surface area contributed by atoms with E-state index in [9.17, 15) is 0 Å². The minimum atomic E-state index is 1.15. The van der Waals surface area contributed by atoms with Crippen LogP contribution in [0.15, 0.2) is 218 Å². The van der Waals surface area contributed by atoms with E-state index in [-0.39, 0.29) is 0 Å². The predicted molar refractivity (Wildman–Crippen MR) is 277 cm³/mol. The summed E-state index contributed by atoms with van der Waals surface area (Å²) in [6, 6.07) is 80.6. The maximum absolute atomic E-state index is 2.50. The number of nitrogens with zero attached hydrogens (tertiary/aromatic N) is 4. The number of benzene rings is 10. The van der Waals surface area contributed by atoms with Crippen molar-refractivity contribution >= 4 is 119 Å². The van der Waals surface area contributed by atoms with Gasteiger partial charge in [0.1, 0.15) is 0 Å². The van der Waals surface area contributed by atoms with Gasteiger partial charge in [0.2, 0.25) is 0 Å². The molecule has 0 unspecified atom stereocenters. The average Bonchev–Trinajstić information content (AvgIpc) is 4.17. The van der Waals surface area contributed by atoms with Crippen molar-refractivity contribution in [3.63, 3.8) is 0 Å². The average molecular weight is 845 g/mol. The van der Waals surface area contributed by atoms with Crippen LogP contribution in [0, 0.1) is 0 Å². The summed E-state index contributed by atoms with van der Waals surface area (Å²) in [5.74, 6) is 0. The highest BCUT2D eigenvalue weighted by Gasteiger charge is 2.22. The summed E-state index contributed by atoms with van der Waals surface area (Å²) in [6.07, 6.45) is 0. The molecule has 5 heteroatoms. The lowest BCUT2D eigenvalue weighted by Crippen LogP contribution is -1.97. The van der Waals surface area contributed by atoms with Crippen molar-refractivity contribution in [3.8, 4) is 22.7 Å². The van der Waals surface area contributed by atoms with E-state index in [1.807, 2.05) is 11.3 Å². The molecule has 65 heavy (non-hydrogen) atoms. The molecule has 4 nitrogen and oxygen atoms in total. The molecule has 15 rings (SSSR count). The Labute approximate surface area is 376 Å². The summed E-state index contributed by atoms with van der Waals surface area (Å²) >= 11 is 1.89. The van der Waals surface area contributed by atoms with Gasteiger partial charge in [-0.3, -0.25) is 0 Å². The second-order valence-corrected chi connectivity index (χ2v) is 18.3. The molecule has 0 radical (unpaired) electrons. The van der Waals surface area contributed by atoms with Gasteiger partial charge in [0, 0.05) is 69.9 Å². The molecular formula is C60H36N4S. The van der Waals surface area contributed by atoms with E-state index in [1.165, 1.54) is 119 Å². The molecule has 302 valence electrons. The van der Waals surface area contributed by atoms with Crippen molar-refractivity contribution in [2.75, 3.05) is 0 Å². The minimum absolute atomic E-state index is 1.15. The first kappa shape index (κ1) is 35.1. The summed E-state index contributed by atoms with van der Waals surface area (Å²) in [7, 11) is 0. The monoisotopic (exact) mass is 844 g/mol. The van der Waals surface area contributed by atoms with Crippen LogP contribution in [0.5, 0.6) is 0 Å². The smallest absolute Gasteiger partial charge is 0.0640 e. The second-order valence-electron chi connectivity index (χ2n) is 17.3. The molecule has 5 aromatic heterocycles. The summed E-state index contributed by atoms with van der Waals surface area (Å²) < 4.78 is 12.4.